The Morgan fingerprint density at radius 2 is 2.16 bits per heavy atom. The fourth-order valence-electron chi connectivity index (χ4n) is 2.81. The molecule has 0 saturated carbocycles. The first-order valence-corrected chi connectivity index (χ1v) is 8.92. The Labute approximate surface area is 155 Å². The van der Waals surface area contributed by atoms with Gasteiger partial charge in [0.05, 0.1) is 25.0 Å². The molecule has 0 aliphatic carbocycles. The molecular weight excluding hydrogens is 386 g/mol. The fraction of sp³-hybridized carbons (Fsp3) is 0.316. The van der Waals surface area contributed by atoms with E-state index in [1.54, 1.807) is 25.3 Å². The maximum absolute atomic E-state index is 12.7. The maximum atomic E-state index is 12.7. The zero-order valence-electron chi connectivity index (χ0n) is 14.4. The van der Waals surface area contributed by atoms with Crippen LogP contribution in [0, 0.1) is 0 Å². The maximum Gasteiger partial charge on any atom is 0.257 e. The van der Waals surface area contributed by atoms with Crippen molar-refractivity contribution in [1.29, 1.82) is 0 Å². The molecule has 0 spiro atoms. The molecule has 0 radical (unpaired) electrons. The Morgan fingerprint density at radius 1 is 1.36 bits per heavy atom. The summed E-state index contributed by atoms with van der Waals surface area (Å²) in [4.78, 5) is 12.7. The summed E-state index contributed by atoms with van der Waals surface area (Å²) in [6.45, 7) is 4.45. The monoisotopic (exact) mass is 405 g/mol. The first kappa shape index (κ1) is 17.6. The number of carbonyl (C=O) groups excluding carboxylic acids is 1. The molecule has 1 N–H and O–H groups in total. The lowest BCUT2D eigenvalue weighted by Crippen LogP contribution is -2.14. The highest BCUT2D eigenvalue weighted by Gasteiger charge is 2.23. The van der Waals surface area contributed by atoms with Gasteiger partial charge in [0.15, 0.2) is 0 Å². The molecule has 2 aromatic rings. The smallest absolute Gasteiger partial charge is 0.257 e. The van der Waals surface area contributed by atoms with Crippen LogP contribution in [0.1, 0.15) is 29.8 Å². The summed E-state index contributed by atoms with van der Waals surface area (Å²) >= 11 is 3.41. The number of benzene rings is 2. The van der Waals surface area contributed by atoms with Gasteiger partial charge in [0.1, 0.15) is 23.4 Å². The molecule has 0 bridgehead atoms. The van der Waals surface area contributed by atoms with Crippen molar-refractivity contribution < 1.29 is 19.0 Å². The Kier molecular flexibility index (Phi) is 5.18. The minimum absolute atomic E-state index is 0.128. The van der Waals surface area contributed by atoms with Gasteiger partial charge in [-0.25, -0.2) is 0 Å². The van der Waals surface area contributed by atoms with E-state index in [0.29, 0.717) is 33.8 Å². The zero-order valence-corrected chi connectivity index (χ0v) is 16.0. The molecule has 0 fully saturated rings. The van der Waals surface area contributed by atoms with E-state index < -0.39 is 0 Å². The zero-order chi connectivity index (χ0) is 18.0. The second-order valence-corrected chi connectivity index (χ2v) is 6.68. The predicted molar refractivity (Wildman–Crippen MR) is 100 cm³/mol. The molecule has 2 aromatic carbocycles. The second kappa shape index (κ2) is 7.35. The Balaban J connectivity index is 1.92. The molecule has 5 nitrogen and oxygen atoms in total. The number of ether oxygens (including phenoxy) is 3. The Morgan fingerprint density at radius 3 is 2.88 bits per heavy atom. The quantitative estimate of drug-likeness (QED) is 0.798. The SMILES string of the molecule is CCOc1cc2c(cc1NC(=O)c1cc(OC)ccc1Br)O[C@H](C)C2. The van der Waals surface area contributed by atoms with Gasteiger partial charge in [-0.2, -0.15) is 0 Å². The van der Waals surface area contributed by atoms with Crippen molar-refractivity contribution in [1.82, 2.24) is 0 Å². The minimum Gasteiger partial charge on any atom is -0.497 e. The van der Waals surface area contributed by atoms with E-state index in [9.17, 15) is 4.79 Å². The van der Waals surface area contributed by atoms with Gasteiger partial charge in [-0.1, -0.05) is 0 Å². The molecule has 1 heterocycles. The highest BCUT2D eigenvalue weighted by atomic mass is 79.9. The molecule has 1 amide bonds. The van der Waals surface area contributed by atoms with Crippen LogP contribution in [0.5, 0.6) is 17.2 Å². The van der Waals surface area contributed by atoms with Crippen molar-refractivity contribution >= 4 is 27.5 Å². The lowest BCUT2D eigenvalue weighted by Gasteiger charge is -2.14. The lowest BCUT2D eigenvalue weighted by molar-refractivity contribution is 0.102. The van der Waals surface area contributed by atoms with E-state index in [-0.39, 0.29) is 12.0 Å². The van der Waals surface area contributed by atoms with Gasteiger partial charge in [0, 0.05) is 22.5 Å². The number of methoxy groups -OCH3 is 1. The first-order chi connectivity index (χ1) is 12.0. The molecule has 25 heavy (non-hydrogen) atoms. The highest BCUT2D eigenvalue weighted by Crippen LogP contribution is 2.38. The molecule has 1 atom stereocenters. The number of nitrogens with one attached hydrogen (secondary N) is 1. The van der Waals surface area contributed by atoms with Crippen LogP contribution >= 0.6 is 15.9 Å². The summed E-state index contributed by atoms with van der Waals surface area (Å²) in [6, 6.07) is 9.03. The first-order valence-electron chi connectivity index (χ1n) is 8.13. The second-order valence-electron chi connectivity index (χ2n) is 5.82. The number of rotatable bonds is 5. The molecule has 6 heteroatoms. The summed E-state index contributed by atoms with van der Waals surface area (Å²) < 4.78 is 17.4. The van der Waals surface area contributed by atoms with E-state index in [1.807, 2.05) is 26.0 Å². The number of anilines is 1. The van der Waals surface area contributed by atoms with E-state index in [1.165, 1.54) is 0 Å². The van der Waals surface area contributed by atoms with Crippen molar-refractivity contribution in [2.45, 2.75) is 26.4 Å². The lowest BCUT2D eigenvalue weighted by atomic mass is 10.1. The number of hydrogen-bond acceptors (Lipinski definition) is 4. The van der Waals surface area contributed by atoms with Gasteiger partial charge >= 0.3 is 0 Å². The molecule has 1 aliphatic rings. The van der Waals surface area contributed by atoms with E-state index in [4.69, 9.17) is 14.2 Å². The van der Waals surface area contributed by atoms with Crippen LogP contribution in [-0.2, 0) is 6.42 Å². The van der Waals surface area contributed by atoms with Gasteiger partial charge in [0.2, 0.25) is 0 Å². The Hall–Kier alpha value is -2.21. The van der Waals surface area contributed by atoms with E-state index in [2.05, 4.69) is 21.2 Å². The summed E-state index contributed by atoms with van der Waals surface area (Å²) in [5, 5.41) is 2.92. The number of halogens is 1. The number of hydrogen-bond donors (Lipinski definition) is 1. The number of amides is 1. The average molecular weight is 406 g/mol. The van der Waals surface area contributed by atoms with Crippen molar-refractivity contribution in [2.75, 3.05) is 19.0 Å². The van der Waals surface area contributed by atoms with Crippen molar-refractivity contribution in [3.63, 3.8) is 0 Å². The largest absolute Gasteiger partial charge is 0.497 e. The molecular formula is C19H20BrNO4. The van der Waals surface area contributed by atoms with E-state index in [0.717, 1.165) is 17.7 Å². The normalized spacial score (nSPS) is 15.3. The fourth-order valence-corrected chi connectivity index (χ4v) is 3.23. The average Bonchev–Trinajstić information content (AvgIpc) is 2.94. The number of carbonyl (C=O) groups is 1. The molecule has 132 valence electrons. The molecule has 0 aromatic heterocycles. The predicted octanol–water partition coefficient (Wildman–Crippen LogP) is 4.43. The summed E-state index contributed by atoms with van der Waals surface area (Å²) in [7, 11) is 1.57. The third kappa shape index (κ3) is 3.74. The van der Waals surface area contributed by atoms with Crippen molar-refractivity contribution in [2.24, 2.45) is 0 Å². The molecule has 3 rings (SSSR count). The molecule has 0 saturated heterocycles. The van der Waals surface area contributed by atoms with Crippen LogP contribution in [0.25, 0.3) is 0 Å². The highest BCUT2D eigenvalue weighted by molar-refractivity contribution is 9.10. The van der Waals surface area contributed by atoms with Gasteiger partial charge in [-0.3, -0.25) is 4.79 Å². The number of fused-ring (bicyclic) bond motifs is 1. The van der Waals surface area contributed by atoms with Gasteiger partial charge in [-0.15, -0.1) is 0 Å². The molecule has 1 aliphatic heterocycles. The minimum atomic E-state index is -0.252. The van der Waals surface area contributed by atoms with Crippen LogP contribution in [0.4, 0.5) is 5.69 Å². The van der Waals surface area contributed by atoms with Gasteiger partial charge in [-0.05, 0) is 54.0 Å². The van der Waals surface area contributed by atoms with Gasteiger partial charge < -0.3 is 19.5 Å². The molecule has 0 unspecified atom stereocenters. The summed E-state index contributed by atoms with van der Waals surface area (Å²) in [5.74, 6) is 1.80. The third-order valence-corrected chi connectivity index (χ3v) is 4.66. The standard InChI is InChI=1S/C19H20BrNO4/c1-4-24-18-8-12-7-11(2)25-17(12)10-16(18)21-19(22)14-9-13(23-3)5-6-15(14)20/h5-6,8-11H,4,7H2,1-3H3,(H,21,22)/t11-/m1/s1. The van der Waals surface area contributed by atoms with Crippen molar-refractivity contribution in [3.8, 4) is 17.2 Å². The van der Waals surface area contributed by atoms with Crippen LogP contribution in [0.2, 0.25) is 0 Å². The van der Waals surface area contributed by atoms with Crippen LogP contribution in [0.3, 0.4) is 0 Å². The van der Waals surface area contributed by atoms with Crippen LogP contribution < -0.4 is 19.5 Å². The van der Waals surface area contributed by atoms with Crippen LogP contribution in [0.15, 0.2) is 34.8 Å². The Bertz CT molecular complexity index is 806. The van der Waals surface area contributed by atoms with Crippen molar-refractivity contribution in [3.05, 3.63) is 45.9 Å². The van der Waals surface area contributed by atoms with E-state index >= 15 is 0 Å². The summed E-state index contributed by atoms with van der Waals surface area (Å²) in [6.07, 6.45) is 0.966. The van der Waals surface area contributed by atoms with Gasteiger partial charge in [0.25, 0.3) is 5.91 Å². The third-order valence-electron chi connectivity index (χ3n) is 3.96. The topological polar surface area (TPSA) is 56.8 Å². The summed E-state index contributed by atoms with van der Waals surface area (Å²) in [5.41, 5.74) is 2.17. The van der Waals surface area contributed by atoms with Crippen LogP contribution in [-0.4, -0.2) is 25.7 Å².